The van der Waals surface area contributed by atoms with E-state index in [1.807, 2.05) is 19.6 Å². The summed E-state index contributed by atoms with van der Waals surface area (Å²) in [6, 6.07) is -0.166. The Morgan fingerprint density at radius 1 is 0.258 bits per heavy atom. The highest BCUT2D eigenvalue weighted by Crippen LogP contribution is 2.44. The van der Waals surface area contributed by atoms with E-state index in [0.717, 1.165) is 98.7 Å². The summed E-state index contributed by atoms with van der Waals surface area (Å²) < 4.78 is 27.2. The van der Waals surface area contributed by atoms with Gasteiger partial charge in [-0.2, -0.15) is 0 Å². The highest BCUT2D eigenvalue weighted by atomic mass is 16.5. The largest absolute Gasteiger partial charge is 0.358 e. The van der Waals surface area contributed by atoms with Crippen LogP contribution in [0, 0.1) is 47.3 Å². The van der Waals surface area contributed by atoms with Gasteiger partial charge in [-0.15, -0.1) is 0 Å². The zero-order valence-electron chi connectivity index (χ0n) is 41.6. The van der Waals surface area contributed by atoms with E-state index in [-0.39, 0.29) is 63.4 Å². The van der Waals surface area contributed by atoms with Crippen LogP contribution in [0.2, 0.25) is 0 Å². The minimum atomic E-state index is -0.515. The lowest BCUT2D eigenvalue weighted by Gasteiger charge is -2.38. The van der Waals surface area contributed by atoms with E-state index in [1.165, 1.54) is 180 Å². The number of ether oxygens (including phenoxy) is 4. The fourth-order valence-electron chi connectivity index (χ4n) is 16.4. The molecule has 10 rings (SSSR count). The van der Waals surface area contributed by atoms with E-state index in [0.29, 0.717) is 0 Å². The zero-order chi connectivity index (χ0) is 44.7. The monoisotopic (exact) mass is 919 g/mol. The topological polar surface area (TPSA) is 84.0 Å². The van der Waals surface area contributed by atoms with Crippen LogP contribution in [0.1, 0.15) is 231 Å². The van der Waals surface area contributed by atoms with Crippen LogP contribution < -0.4 is 0 Å². The number of hydrogen-bond acceptors (Lipinski definition) is 6. The fraction of sp³-hybridized carbons (Fsp3) is 0.964. The number of carbonyl (C=O) groups excluding carboxylic acids is 2. The van der Waals surface area contributed by atoms with Gasteiger partial charge >= 0.3 is 12.1 Å². The highest BCUT2D eigenvalue weighted by molar-refractivity contribution is 5.85. The molecule has 8 saturated carbocycles. The molecular weight excluding hydrogens is 825 g/mol. The number of carbonyl (C=O) groups is 2. The number of fused-ring (bicyclic) bond motifs is 1. The molecule has 0 spiro atoms. The maximum absolute atomic E-state index is 15.0. The van der Waals surface area contributed by atoms with Crippen molar-refractivity contribution in [2.45, 2.75) is 268 Å². The lowest BCUT2D eigenvalue weighted by Crippen LogP contribution is -2.49. The van der Waals surface area contributed by atoms with Crippen molar-refractivity contribution in [1.29, 1.82) is 0 Å². The Bertz CT molecular complexity index is 1260. The quantitative estimate of drug-likeness (QED) is 0.153. The van der Waals surface area contributed by atoms with Crippen LogP contribution in [0.15, 0.2) is 0 Å². The Kier molecular flexibility index (Phi) is 17.1. The molecule has 2 aliphatic heterocycles. The van der Waals surface area contributed by atoms with Gasteiger partial charge in [0.05, 0.1) is 24.4 Å². The molecule has 10 nitrogen and oxygen atoms in total. The third-order valence-electron chi connectivity index (χ3n) is 20.5. The molecule has 66 heavy (non-hydrogen) atoms. The second-order valence-electron chi connectivity index (χ2n) is 24.2. The number of amides is 4. The van der Waals surface area contributed by atoms with Crippen molar-refractivity contribution < 1.29 is 28.5 Å². The van der Waals surface area contributed by atoms with Gasteiger partial charge in [0, 0.05) is 0 Å². The lowest BCUT2D eigenvalue weighted by atomic mass is 9.73. The molecule has 0 bridgehead atoms. The van der Waals surface area contributed by atoms with Crippen molar-refractivity contribution in [2.75, 3.05) is 26.9 Å². The van der Waals surface area contributed by atoms with Gasteiger partial charge in [-0.25, -0.2) is 9.59 Å². The zero-order valence-corrected chi connectivity index (χ0v) is 41.6. The molecule has 0 N–H and O–H groups in total. The van der Waals surface area contributed by atoms with Crippen molar-refractivity contribution >= 4 is 12.1 Å². The second kappa shape index (κ2) is 23.5. The molecule has 8 aliphatic carbocycles. The first-order valence-electron chi connectivity index (χ1n) is 29.2. The van der Waals surface area contributed by atoms with Gasteiger partial charge in [-0.05, 0) is 150 Å². The van der Waals surface area contributed by atoms with Crippen molar-refractivity contribution in [3.8, 4) is 0 Å². The van der Waals surface area contributed by atoms with Crippen LogP contribution in [0.3, 0.4) is 0 Å². The second-order valence-corrected chi connectivity index (χ2v) is 24.2. The van der Waals surface area contributed by atoms with Gasteiger partial charge in [0.1, 0.15) is 26.9 Å². The summed E-state index contributed by atoms with van der Waals surface area (Å²) in [5.74, 6) is 6.83. The summed E-state index contributed by atoms with van der Waals surface area (Å²) in [5, 5.41) is 0. The molecular formula is C56H94N4O6. The first-order chi connectivity index (χ1) is 32.6. The smallest absolute Gasteiger partial charge is 0.327 e. The van der Waals surface area contributed by atoms with Crippen molar-refractivity contribution in [3.05, 3.63) is 0 Å². The van der Waals surface area contributed by atoms with Gasteiger partial charge in [-0.1, -0.05) is 128 Å². The lowest BCUT2D eigenvalue weighted by molar-refractivity contribution is -0.0869. The molecule has 0 aromatic carbocycles. The summed E-state index contributed by atoms with van der Waals surface area (Å²) in [6.45, 7) is 0.769. The SMILES string of the molecule is O=C1N(COC2CCC(C3CCCCC3)CC2)C2C(N1COC1CCC(C3CCCCC3)CC1)N(COC1CCC(C3CCCCC3)CC1)C(=O)N2COC1CCC(C2CCCCC2)CC1. The first-order valence-corrected chi connectivity index (χ1v) is 29.2. The average Bonchev–Trinajstić information content (AvgIpc) is 3.81. The van der Waals surface area contributed by atoms with Gasteiger partial charge in [0.15, 0.2) is 12.3 Å². The molecule has 0 aromatic heterocycles. The number of hydrogen-bond donors (Lipinski definition) is 0. The van der Waals surface area contributed by atoms with E-state index in [9.17, 15) is 0 Å². The summed E-state index contributed by atoms with van der Waals surface area (Å²) in [6.07, 6.45) is 45.9. The van der Waals surface area contributed by atoms with Crippen molar-refractivity contribution in [2.24, 2.45) is 47.3 Å². The molecule has 0 unspecified atom stereocenters. The predicted octanol–water partition coefficient (Wildman–Crippen LogP) is 13.6. The Morgan fingerprint density at radius 3 is 0.636 bits per heavy atom. The van der Waals surface area contributed by atoms with Gasteiger partial charge < -0.3 is 18.9 Å². The normalized spacial score (nSPS) is 37.5. The van der Waals surface area contributed by atoms with E-state index in [4.69, 9.17) is 18.9 Å². The van der Waals surface area contributed by atoms with Crippen LogP contribution in [0.4, 0.5) is 9.59 Å². The highest BCUT2D eigenvalue weighted by Gasteiger charge is 2.60. The standard InChI is InChI=1S/C56H94N4O6/c61-55-57(37-63-49-29-21-45(22-30-49)41-13-5-1-6-14-41)53-54(59(55)39-65-51-33-25-47(26-34-51)43-17-9-3-10-18-43)60(40-66-52-35-27-48(28-36-52)44-19-11-4-12-20-44)56(62)58(53)38-64-50-31-23-46(24-32-50)42-15-7-2-8-16-42/h41-54H,1-40H2. The fourth-order valence-corrected chi connectivity index (χ4v) is 16.4. The van der Waals surface area contributed by atoms with Crippen molar-refractivity contribution in [3.63, 3.8) is 0 Å². The molecule has 374 valence electrons. The number of nitrogens with zero attached hydrogens (tertiary/aromatic N) is 4. The predicted molar refractivity (Wildman–Crippen MR) is 259 cm³/mol. The average molecular weight is 919 g/mol. The van der Waals surface area contributed by atoms with Crippen LogP contribution in [-0.4, -0.2) is 95.3 Å². The molecule has 10 heteroatoms. The third kappa shape index (κ3) is 11.6. The molecule has 2 saturated heterocycles. The Labute approximate surface area is 401 Å². The number of rotatable bonds is 16. The van der Waals surface area contributed by atoms with Crippen LogP contribution in [0.25, 0.3) is 0 Å². The van der Waals surface area contributed by atoms with Gasteiger partial charge in [0.2, 0.25) is 0 Å². The first kappa shape index (κ1) is 48.0. The molecule has 0 aromatic rings. The van der Waals surface area contributed by atoms with E-state index in [1.54, 1.807) is 0 Å². The Hall–Kier alpha value is -1.62. The molecule has 2 heterocycles. The maximum Gasteiger partial charge on any atom is 0.327 e. The molecule has 10 fully saturated rings. The van der Waals surface area contributed by atoms with Crippen LogP contribution in [0.5, 0.6) is 0 Å². The van der Waals surface area contributed by atoms with Crippen LogP contribution >= 0.6 is 0 Å². The summed E-state index contributed by atoms with van der Waals surface area (Å²) in [5.41, 5.74) is 0. The van der Waals surface area contributed by atoms with E-state index in [2.05, 4.69) is 0 Å². The van der Waals surface area contributed by atoms with E-state index >= 15 is 9.59 Å². The summed E-state index contributed by atoms with van der Waals surface area (Å²) in [7, 11) is 0. The van der Waals surface area contributed by atoms with Gasteiger partial charge in [-0.3, -0.25) is 19.6 Å². The minimum absolute atomic E-state index is 0.0831. The van der Waals surface area contributed by atoms with Crippen LogP contribution in [-0.2, 0) is 18.9 Å². The molecule has 10 aliphatic rings. The minimum Gasteiger partial charge on any atom is -0.358 e. The summed E-state index contributed by atoms with van der Waals surface area (Å²) in [4.78, 5) is 37.5. The van der Waals surface area contributed by atoms with E-state index < -0.39 is 12.3 Å². The third-order valence-corrected chi connectivity index (χ3v) is 20.5. The maximum atomic E-state index is 15.0. The summed E-state index contributed by atoms with van der Waals surface area (Å²) >= 11 is 0. The Morgan fingerprint density at radius 2 is 0.439 bits per heavy atom. The molecule has 0 radical (unpaired) electrons. The van der Waals surface area contributed by atoms with Gasteiger partial charge in [0.25, 0.3) is 0 Å². The molecule has 0 atom stereocenters. The molecule has 4 amide bonds. The Balaban J connectivity index is 0.824. The van der Waals surface area contributed by atoms with Crippen molar-refractivity contribution in [1.82, 2.24) is 19.6 Å². The number of urea groups is 2.